The number of nitrogens with two attached hydrogens (primary N) is 1. The first-order valence-electron chi connectivity index (χ1n) is 9.23. The van der Waals surface area contributed by atoms with Crippen LogP contribution < -0.4 is 5.73 Å². The van der Waals surface area contributed by atoms with Gasteiger partial charge in [0.05, 0.1) is 5.69 Å². The lowest BCUT2D eigenvalue weighted by Crippen LogP contribution is -2.47. The number of hydrogen-bond acceptors (Lipinski definition) is 3. The molecule has 1 atom stereocenters. The molecule has 4 rings (SSSR count). The molecule has 1 unspecified atom stereocenters. The van der Waals surface area contributed by atoms with E-state index in [-0.39, 0.29) is 36.8 Å². The quantitative estimate of drug-likeness (QED) is 0.671. The Bertz CT molecular complexity index is 925. The van der Waals surface area contributed by atoms with Crippen LogP contribution >= 0.6 is 24.8 Å². The third kappa shape index (κ3) is 4.30. The first-order valence-corrected chi connectivity index (χ1v) is 9.23. The predicted octanol–water partition coefficient (Wildman–Crippen LogP) is 4.70. The summed E-state index contributed by atoms with van der Waals surface area (Å²) in [5.74, 6) is 0.0811. The van der Waals surface area contributed by atoms with Gasteiger partial charge in [-0.25, -0.2) is 0 Å². The van der Waals surface area contributed by atoms with Gasteiger partial charge in [0.25, 0.3) is 5.91 Å². The molecule has 1 saturated heterocycles. The average Bonchev–Trinajstić information content (AvgIpc) is 2.73. The number of piperidine rings is 1. The van der Waals surface area contributed by atoms with Gasteiger partial charge in [-0.2, -0.15) is 0 Å². The van der Waals surface area contributed by atoms with Crippen molar-refractivity contribution in [3.8, 4) is 11.3 Å². The third-order valence-electron chi connectivity index (χ3n) is 5.24. The van der Waals surface area contributed by atoms with E-state index in [1.165, 1.54) is 0 Å². The van der Waals surface area contributed by atoms with Gasteiger partial charge in [-0.05, 0) is 42.8 Å². The average molecular weight is 418 g/mol. The van der Waals surface area contributed by atoms with Crippen LogP contribution in [-0.2, 0) is 0 Å². The number of nitrogens with zero attached hydrogens (tertiary/aromatic N) is 2. The highest BCUT2D eigenvalue weighted by Gasteiger charge is 2.26. The van der Waals surface area contributed by atoms with Crippen LogP contribution in [0.1, 0.15) is 29.6 Å². The highest BCUT2D eigenvalue weighted by molar-refractivity contribution is 5.97. The number of carbonyl (C=O) groups is 1. The van der Waals surface area contributed by atoms with E-state index in [1.54, 1.807) is 0 Å². The van der Waals surface area contributed by atoms with Gasteiger partial charge in [0.2, 0.25) is 0 Å². The summed E-state index contributed by atoms with van der Waals surface area (Å²) >= 11 is 0. The summed E-state index contributed by atoms with van der Waals surface area (Å²) in [6, 6.07) is 18.2. The van der Waals surface area contributed by atoms with Crippen LogP contribution in [0, 0.1) is 0 Å². The second kappa shape index (κ2) is 9.87. The van der Waals surface area contributed by atoms with Gasteiger partial charge in [-0.3, -0.25) is 9.78 Å². The minimum atomic E-state index is 0. The van der Waals surface area contributed by atoms with Crippen molar-refractivity contribution in [1.29, 1.82) is 0 Å². The zero-order chi connectivity index (χ0) is 17.9. The van der Waals surface area contributed by atoms with Crippen molar-refractivity contribution in [2.75, 3.05) is 13.1 Å². The summed E-state index contributed by atoms with van der Waals surface area (Å²) < 4.78 is 0. The molecule has 3 aromatic rings. The Hall–Kier alpha value is -2.14. The molecule has 0 radical (unpaired) electrons. The molecule has 1 aliphatic rings. The largest absolute Gasteiger partial charge is 0.334 e. The van der Waals surface area contributed by atoms with Crippen LogP contribution in [0.5, 0.6) is 0 Å². The molecular weight excluding hydrogens is 393 g/mol. The highest BCUT2D eigenvalue weighted by atomic mass is 35.5. The van der Waals surface area contributed by atoms with Gasteiger partial charge in [-0.1, -0.05) is 36.4 Å². The summed E-state index contributed by atoms with van der Waals surface area (Å²) in [4.78, 5) is 19.4. The number of pyridine rings is 1. The second-order valence-electron chi connectivity index (χ2n) is 6.84. The van der Waals surface area contributed by atoms with Gasteiger partial charge < -0.3 is 10.6 Å². The Morgan fingerprint density at radius 1 is 1.04 bits per heavy atom. The molecule has 1 aliphatic heterocycles. The van der Waals surface area contributed by atoms with Crippen molar-refractivity contribution >= 4 is 41.5 Å². The van der Waals surface area contributed by atoms with Gasteiger partial charge in [0, 0.05) is 41.8 Å². The monoisotopic (exact) mass is 417 g/mol. The lowest BCUT2D eigenvalue weighted by Gasteiger charge is -2.35. The number of hydrogen-bond donors (Lipinski definition) is 1. The van der Waals surface area contributed by atoms with Gasteiger partial charge in [0.1, 0.15) is 0 Å². The topological polar surface area (TPSA) is 59.2 Å². The SMILES string of the molecule is Cl.Cl.NCC1CCCCN1C(=O)c1ccc(-c2nccc3ccccc23)cc1. The van der Waals surface area contributed by atoms with Gasteiger partial charge in [-0.15, -0.1) is 24.8 Å². The van der Waals surface area contributed by atoms with Crippen molar-refractivity contribution in [3.05, 3.63) is 66.4 Å². The van der Waals surface area contributed by atoms with Gasteiger partial charge >= 0.3 is 0 Å². The van der Waals surface area contributed by atoms with Crippen LogP contribution in [-0.4, -0.2) is 34.9 Å². The van der Waals surface area contributed by atoms with Crippen LogP contribution in [0.4, 0.5) is 0 Å². The predicted molar refractivity (Wildman–Crippen MR) is 119 cm³/mol. The van der Waals surface area contributed by atoms with Crippen molar-refractivity contribution in [2.45, 2.75) is 25.3 Å². The smallest absolute Gasteiger partial charge is 0.254 e. The molecule has 2 aromatic carbocycles. The van der Waals surface area contributed by atoms with Crippen LogP contribution in [0.3, 0.4) is 0 Å². The third-order valence-corrected chi connectivity index (χ3v) is 5.24. The molecule has 2 N–H and O–H groups in total. The first-order chi connectivity index (χ1) is 12.8. The van der Waals surface area contributed by atoms with Crippen LogP contribution in [0.2, 0.25) is 0 Å². The van der Waals surface area contributed by atoms with E-state index in [4.69, 9.17) is 5.73 Å². The normalized spacial score (nSPS) is 16.2. The van der Waals surface area contributed by atoms with E-state index in [9.17, 15) is 4.79 Å². The number of likely N-dealkylation sites (tertiary alicyclic amines) is 1. The molecule has 1 amide bonds. The van der Waals surface area contributed by atoms with Crippen LogP contribution in [0.25, 0.3) is 22.0 Å². The lowest BCUT2D eigenvalue weighted by molar-refractivity contribution is 0.0623. The fourth-order valence-electron chi connectivity index (χ4n) is 3.80. The molecule has 0 saturated carbocycles. The number of benzene rings is 2. The number of halogens is 2. The number of rotatable bonds is 3. The minimum absolute atomic E-state index is 0. The molecule has 0 bridgehead atoms. The Morgan fingerprint density at radius 3 is 2.54 bits per heavy atom. The Kier molecular flexibility index (Phi) is 7.81. The van der Waals surface area contributed by atoms with Crippen LogP contribution in [0.15, 0.2) is 60.8 Å². The molecule has 6 heteroatoms. The van der Waals surface area contributed by atoms with Crippen molar-refractivity contribution in [1.82, 2.24) is 9.88 Å². The van der Waals surface area contributed by atoms with E-state index >= 15 is 0 Å². The van der Waals surface area contributed by atoms with Crippen molar-refractivity contribution < 1.29 is 4.79 Å². The Balaban J connectivity index is 0.00000140. The molecule has 0 spiro atoms. The highest BCUT2D eigenvalue weighted by Crippen LogP contribution is 2.27. The molecule has 4 nitrogen and oxygen atoms in total. The summed E-state index contributed by atoms with van der Waals surface area (Å²) in [6.45, 7) is 1.33. The van der Waals surface area contributed by atoms with E-state index in [0.717, 1.165) is 47.8 Å². The first kappa shape index (κ1) is 22.2. The zero-order valence-electron chi connectivity index (χ0n) is 15.6. The van der Waals surface area contributed by atoms with Gasteiger partial charge in [0.15, 0.2) is 0 Å². The standard InChI is InChI=1S/C22H23N3O.2ClH/c23-15-19-6-3-4-14-25(19)22(26)18-10-8-17(9-11-18)21-20-7-2-1-5-16(20)12-13-24-21;;/h1-2,5,7-13,19H,3-4,6,14-15,23H2;2*1H. The number of aromatic nitrogens is 1. The maximum absolute atomic E-state index is 12.9. The Labute approximate surface area is 178 Å². The van der Waals surface area contributed by atoms with E-state index in [1.807, 2.05) is 53.6 Å². The zero-order valence-corrected chi connectivity index (χ0v) is 17.2. The molecule has 0 aliphatic carbocycles. The Morgan fingerprint density at radius 2 is 1.79 bits per heavy atom. The summed E-state index contributed by atoms with van der Waals surface area (Å²) in [5.41, 5.74) is 8.54. The van der Waals surface area contributed by atoms with Crippen molar-refractivity contribution in [3.63, 3.8) is 0 Å². The van der Waals surface area contributed by atoms with E-state index in [0.29, 0.717) is 12.1 Å². The number of amides is 1. The molecule has 148 valence electrons. The molecule has 28 heavy (non-hydrogen) atoms. The molecule has 1 aromatic heterocycles. The fourth-order valence-corrected chi connectivity index (χ4v) is 3.80. The molecular formula is C22H25Cl2N3O. The van der Waals surface area contributed by atoms with E-state index < -0.39 is 0 Å². The fraction of sp³-hybridized carbons (Fsp3) is 0.273. The number of carbonyl (C=O) groups excluding carboxylic acids is 1. The molecule has 2 heterocycles. The maximum atomic E-state index is 12.9. The molecule has 1 fully saturated rings. The second-order valence-corrected chi connectivity index (χ2v) is 6.84. The van der Waals surface area contributed by atoms with E-state index in [2.05, 4.69) is 17.1 Å². The summed E-state index contributed by atoms with van der Waals surface area (Å²) in [6.07, 6.45) is 5.04. The minimum Gasteiger partial charge on any atom is -0.334 e. The lowest BCUT2D eigenvalue weighted by atomic mass is 9.99. The maximum Gasteiger partial charge on any atom is 0.254 e. The number of fused-ring (bicyclic) bond motifs is 1. The summed E-state index contributed by atoms with van der Waals surface area (Å²) in [7, 11) is 0. The summed E-state index contributed by atoms with van der Waals surface area (Å²) in [5, 5.41) is 2.28. The van der Waals surface area contributed by atoms with Crippen molar-refractivity contribution in [2.24, 2.45) is 5.73 Å².